The Labute approximate surface area is 126 Å². The molecule has 0 aliphatic heterocycles. The van der Waals surface area contributed by atoms with Gasteiger partial charge in [0.05, 0.1) is 5.69 Å². The molecular formula is C15H16N2O3S. The summed E-state index contributed by atoms with van der Waals surface area (Å²) in [6.07, 6.45) is 1.82. The Morgan fingerprint density at radius 3 is 2.67 bits per heavy atom. The number of thioether (sulfide) groups is 1. The largest absolute Gasteiger partial charge is 0.478 e. The number of carbonyl (C=O) groups excluding carboxylic acids is 1. The summed E-state index contributed by atoms with van der Waals surface area (Å²) in [6.45, 7) is 1.66. The van der Waals surface area contributed by atoms with Crippen LogP contribution < -0.4 is 5.32 Å². The predicted octanol–water partition coefficient (Wildman–Crippen LogP) is 3.14. The maximum Gasteiger partial charge on any atom is 0.339 e. The molecule has 0 unspecified atom stereocenters. The van der Waals surface area contributed by atoms with E-state index in [-0.39, 0.29) is 11.5 Å². The fraction of sp³-hybridized carbons (Fsp3) is 0.200. The molecule has 6 heteroatoms. The highest BCUT2D eigenvalue weighted by Gasteiger charge is 2.16. The molecule has 0 saturated carbocycles. The minimum Gasteiger partial charge on any atom is -0.478 e. The third-order valence-corrected chi connectivity index (χ3v) is 3.92. The van der Waals surface area contributed by atoms with Gasteiger partial charge < -0.3 is 15.4 Å². The van der Waals surface area contributed by atoms with Crippen molar-refractivity contribution in [3.05, 3.63) is 47.8 Å². The molecule has 110 valence electrons. The van der Waals surface area contributed by atoms with Gasteiger partial charge in [-0.15, -0.1) is 11.8 Å². The first-order chi connectivity index (χ1) is 10.1. The SMILES string of the molecule is Cc1[nH]cc(NC(=O)CCSc2ccccc2)c1C(=O)O. The molecule has 0 saturated heterocycles. The number of nitrogens with one attached hydrogen (secondary N) is 2. The van der Waals surface area contributed by atoms with Crippen LogP contribution in [-0.4, -0.2) is 27.7 Å². The molecule has 0 spiro atoms. The van der Waals surface area contributed by atoms with E-state index in [0.717, 1.165) is 4.90 Å². The number of hydrogen-bond acceptors (Lipinski definition) is 3. The summed E-state index contributed by atoms with van der Waals surface area (Å²) in [4.78, 5) is 26.9. The van der Waals surface area contributed by atoms with Crippen molar-refractivity contribution in [1.82, 2.24) is 4.98 Å². The van der Waals surface area contributed by atoms with Crippen LogP contribution in [0.4, 0.5) is 5.69 Å². The first-order valence-corrected chi connectivity index (χ1v) is 7.45. The van der Waals surface area contributed by atoms with E-state index in [1.807, 2.05) is 30.3 Å². The standard InChI is InChI=1S/C15H16N2O3S/c1-10-14(15(19)20)12(9-16-10)17-13(18)7-8-21-11-5-3-2-4-6-11/h2-6,9,16H,7-8H2,1H3,(H,17,18)(H,19,20). The first kappa shape index (κ1) is 15.2. The zero-order chi connectivity index (χ0) is 15.2. The minimum atomic E-state index is -1.05. The molecule has 0 atom stereocenters. The molecule has 2 aromatic rings. The van der Waals surface area contributed by atoms with Crippen molar-refractivity contribution < 1.29 is 14.7 Å². The van der Waals surface area contributed by atoms with Gasteiger partial charge in [0.1, 0.15) is 5.56 Å². The second kappa shape index (κ2) is 6.99. The molecule has 1 aromatic heterocycles. The van der Waals surface area contributed by atoms with Crippen molar-refractivity contribution >= 4 is 29.3 Å². The average molecular weight is 304 g/mol. The van der Waals surface area contributed by atoms with Crippen LogP contribution in [0.1, 0.15) is 22.5 Å². The third kappa shape index (κ3) is 4.13. The third-order valence-electron chi connectivity index (χ3n) is 2.91. The highest BCUT2D eigenvalue weighted by Crippen LogP contribution is 2.21. The molecule has 0 aliphatic carbocycles. The Kier molecular flexibility index (Phi) is 5.05. The molecule has 5 nitrogen and oxygen atoms in total. The molecule has 1 aromatic carbocycles. The van der Waals surface area contributed by atoms with Crippen LogP contribution in [0.5, 0.6) is 0 Å². The fourth-order valence-corrected chi connectivity index (χ4v) is 2.76. The van der Waals surface area contributed by atoms with Crippen LogP contribution in [0.2, 0.25) is 0 Å². The number of hydrogen-bond donors (Lipinski definition) is 3. The number of carboxylic acid groups (broad SMARTS) is 1. The van der Waals surface area contributed by atoms with E-state index in [0.29, 0.717) is 23.6 Å². The van der Waals surface area contributed by atoms with Gasteiger partial charge in [0.25, 0.3) is 0 Å². The number of aromatic nitrogens is 1. The number of carboxylic acids is 1. The van der Waals surface area contributed by atoms with Crippen molar-refractivity contribution in [2.45, 2.75) is 18.2 Å². The van der Waals surface area contributed by atoms with Gasteiger partial charge in [-0.3, -0.25) is 4.79 Å². The number of rotatable bonds is 6. The lowest BCUT2D eigenvalue weighted by atomic mass is 10.2. The molecule has 1 heterocycles. The lowest BCUT2D eigenvalue weighted by Gasteiger charge is -2.05. The number of aromatic amines is 1. The molecule has 0 aliphatic rings. The topological polar surface area (TPSA) is 82.2 Å². The number of H-pyrrole nitrogens is 1. The second-order valence-corrected chi connectivity index (χ2v) is 5.64. The van der Waals surface area contributed by atoms with Gasteiger partial charge in [0, 0.05) is 29.0 Å². The number of carbonyl (C=O) groups is 2. The van der Waals surface area contributed by atoms with E-state index in [2.05, 4.69) is 10.3 Å². The van der Waals surface area contributed by atoms with Gasteiger partial charge in [0.2, 0.25) is 5.91 Å². The molecular weight excluding hydrogens is 288 g/mol. The second-order valence-electron chi connectivity index (χ2n) is 4.47. The summed E-state index contributed by atoms with van der Waals surface area (Å²) in [5.74, 6) is -0.607. The lowest BCUT2D eigenvalue weighted by molar-refractivity contribution is -0.115. The summed E-state index contributed by atoms with van der Waals surface area (Å²) in [5.41, 5.74) is 0.949. The highest BCUT2D eigenvalue weighted by molar-refractivity contribution is 7.99. The van der Waals surface area contributed by atoms with E-state index in [1.165, 1.54) is 6.20 Å². The minimum absolute atomic E-state index is 0.110. The number of anilines is 1. The monoisotopic (exact) mass is 304 g/mol. The molecule has 3 N–H and O–H groups in total. The highest BCUT2D eigenvalue weighted by atomic mass is 32.2. The molecule has 2 rings (SSSR count). The molecule has 21 heavy (non-hydrogen) atoms. The number of benzene rings is 1. The predicted molar refractivity (Wildman–Crippen MR) is 82.9 cm³/mol. The van der Waals surface area contributed by atoms with E-state index in [1.54, 1.807) is 18.7 Å². The summed E-state index contributed by atoms with van der Waals surface area (Å²) in [6, 6.07) is 9.81. The first-order valence-electron chi connectivity index (χ1n) is 6.47. The average Bonchev–Trinajstić information content (AvgIpc) is 2.81. The van der Waals surface area contributed by atoms with Gasteiger partial charge in [-0.05, 0) is 19.1 Å². The van der Waals surface area contributed by atoms with Crippen molar-refractivity contribution in [2.24, 2.45) is 0 Å². The zero-order valence-electron chi connectivity index (χ0n) is 11.6. The summed E-state index contributed by atoms with van der Waals surface area (Å²) in [7, 11) is 0. The summed E-state index contributed by atoms with van der Waals surface area (Å²) in [5, 5.41) is 11.7. The zero-order valence-corrected chi connectivity index (χ0v) is 12.4. The van der Waals surface area contributed by atoms with Crippen LogP contribution in [-0.2, 0) is 4.79 Å². The van der Waals surface area contributed by atoms with Crippen LogP contribution in [0, 0.1) is 6.92 Å². The smallest absolute Gasteiger partial charge is 0.339 e. The van der Waals surface area contributed by atoms with Crippen LogP contribution in [0.3, 0.4) is 0 Å². The van der Waals surface area contributed by atoms with Crippen molar-refractivity contribution in [3.63, 3.8) is 0 Å². The number of amides is 1. The fourth-order valence-electron chi connectivity index (χ4n) is 1.89. The van der Waals surface area contributed by atoms with Crippen LogP contribution in [0.25, 0.3) is 0 Å². The van der Waals surface area contributed by atoms with Crippen molar-refractivity contribution in [1.29, 1.82) is 0 Å². The number of aryl methyl sites for hydroxylation is 1. The molecule has 0 fully saturated rings. The van der Waals surface area contributed by atoms with Gasteiger partial charge in [-0.1, -0.05) is 18.2 Å². The Bertz CT molecular complexity index is 638. The van der Waals surface area contributed by atoms with E-state index in [9.17, 15) is 9.59 Å². The van der Waals surface area contributed by atoms with E-state index in [4.69, 9.17) is 5.11 Å². The van der Waals surface area contributed by atoms with Crippen molar-refractivity contribution in [3.8, 4) is 0 Å². The Morgan fingerprint density at radius 1 is 1.29 bits per heavy atom. The quantitative estimate of drug-likeness (QED) is 0.716. The van der Waals surface area contributed by atoms with Crippen LogP contribution in [0.15, 0.2) is 41.4 Å². The summed E-state index contributed by atoms with van der Waals surface area (Å²) < 4.78 is 0. The Hall–Kier alpha value is -2.21. The molecule has 0 radical (unpaired) electrons. The maximum absolute atomic E-state index is 11.9. The van der Waals surface area contributed by atoms with E-state index < -0.39 is 5.97 Å². The van der Waals surface area contributed by atoms with Gasteiger partial charge in [-0.25, -0.2) is 4.79 Å². The molecule has 1 amide bonds. The van der Waals surface area contributed by atoms with Gasteiger partial charge in [0.15, 0.2) is 0 Å². The Morgan fingerprint density at radius 2 is 2.00 bits per heavy atom. The van der Waals surface area contributed by atoms with E-state index >= 15 is 0 Å². The van der Waals surface area contributed by atoms with Gasteiger partial charge in [-0.2, -0.15) is 0 Å². The number of aromatic carboxylic acids is 1. The molecule has 0 bridgehead atoms. The normalized spacial score (nSPS) is 10.3. The Balaban J connectivity index is 1.86. The van der Waals surface area contributed by atoms with Gasteiger partial charge >= 0.3 is 5.97 Å². The van der Waals surface area contributed by atoms with Crippen LogP contribution >= 0.6 is 11.8 Å². The summed E-state index contributed by atoms with van der Waals surface area (Å²) >= 11 is 1.59. The van der Waals surface area contributed by atoms with Crippen molar-refractivity contribution in [2.75, 3.05) is 11.1 Å². The maximum atomic E-state index is 11.9. The lowest BCUT2D eigenvalue weighted by Crippen LogP contribution is -2.14.